The Balaban J connectivity index is 2.63. The van der Waals surface area contributed by atoms with Crippen LogP contribution >= 0.6 is 0 Å². The third kappa shape index (κ3) is 5.43. The zero-order valence-corrected chi connectivity index (χ0v) is 14.5. The molecule has 0 aliphatic carbocycles. The fourth-order valence-electron chi connectivity index (χ4n) is 2.50. The first-order valence-electron chi connectivity index (χ1n) is 7.89. The lowest BCUT2D eigenvalue weighted by atomic mass is 9.89. The number of likely N-dealkylation sites (N-methyl/N-ethyl adjacent to an activating group) is 1. The zero-order valence-electron chi connectivity index (χ0n) is 14.5. The molecule has 0 aromatic heterocycles. The molecule has 1 aromatic rings. The Morgan fingerprint density at radius 1 is 1.32 bits per heavy atom. The van der Waals surface area contributed by atoms with Gasteiger partial charge in [-0.1, -0.05) is 38.1 Å². The van der Waals surface area contributed by atoms with Crippen LogP contribution in [-0.4, -0.2) is 43.2 Å². The van der Waals surface area contributed by atoms with Gasteiger partial charge in [0, 0.05) is 13.2 Å². The molecule has 0 spiro atoms. The first kappa shape index (κ1) is 18.7. The van der Waals surface area contributed by atoms with E-state index in [2.05, 4.69) is 5.32 Å². The first-order valence-corrected chi connectivity index (χ1v) is 7.89. The van der Waals surface area contributed by atoms with Gasteiger partial charge in [0.15, 0.2) is 0 Å². The van der Waals surface area contributed by atoms with E-state index < -0.39 is 0 Å². The molecule has 0 aliphatic heterocycles. The molecule has 1 unspecified atom stereocenters. The monoisotopic (exact) mass is 306 g/mol. The van der Waals surface area contributed by atoms with Crippen LogP contribution in [0.5, 0.6) is 0 Å². The maximum absolute atomic E-state index is 12.5. The summed E-state index contributed by atoms with van der Waals surface area (Å²) in [5.41, 5.74) is 2.08. The number of carbonyl (C=O) groups is 1. The lowest BCUT2D eigenvalue weighted by Crippen LogP contribution is -2.38. The number of carbonyl (C=O) groups excluding carboxylic acids is 1. The van der Waals surface area contributed by atoms with Crippen LogP contribution in [0.3, 0.4) is 0 Å². The molecular formula is C18H30N2O2. The quantitative estimate of drug-likeness (QED) is 0.726. The number of nitrogens with one attached hydrogen (secondary N) is 1. The van der Waals surface area contributed by atoms with Crippen LogP contribution in [0.25, 0.3) is 0 Å². The van der Waals surface area contributed by atoms with Crippen molar-refractivity contribution in [2.75, 3.05) is 27.2 Å². The Labute approximate surface area is 134 Å². The molecule has 4 nitrogen and oxygen atoms in total. The van der Waals surface area contributed by atoms with Crippen LogP contribution in [0.1, 0.15) is 43.9 Å². The molecule has 4 heteroatoms. The number of amides is 1. The van der Waals surface area contributed by atoms with Gasteiger partial charge in [0.05, 0.1) is 0 Å². The number of aliphatic hydroxyl groups is 1. The summed E-state index contributed by atoms with van der Waals surface area (Å²) in [5.74, 6) is 0.0288. The molecule has 0 bridgehead atoms. The molecule has 0 fully saturated rings. The molecule has 0 radical (unpaired) electrons. The second-order valence-corrected chi connectivity index (χ2v) is 6.94. The van der Waals surface area contributed by atoms with Gasteiger partial charge in [-0.05, 0) is 50.4 Å². The molecule has 22 heavy (non-hydrogen) atoms. The number of nitrogens with zero attached hydrogens (tertiary/aromatic N) is 1. The second-order valence-electron chi connectivity index (χ2n) is 6.94. The van der Waals surface area contributed by atoms with E-state index in [0.717, 1.165) is 24.0 Å². The highest BCUT2D eigenvalue weighted by Gasteiger charge is 2.24. The van der Waals surface area contributed by atoms with E-state index in [-0.39, 0.29) is 24.0 Å². The predicted molar refractivity (Wildman–Crippen MR) is 90.7 cm³/mol. The molecule has 2 N–H and O–H groups in total. The van der Waals surface area contributed by atoms with Crippen LogP contribution in [0.4, 0.5) is 0 Å². The van der Waals surface area contributed by atoms with Gasteiger partial charge in [-0.25, -0.2) is 0 Å². The van der Waals surface area contributed by atoms with Crippen molar-refractivity contribution in [1.29, 1.82) is 0 Å². The van der Waals surface area contributed by atoms with Crippen molar-refractivity contribution in [1.82, 2.24) is 10.2 Å². The second kappa shape index (κ2) is 8.30. The molecule has 124 valence electrons. The molecule has 1 amide bonds. The van der Waals surface area contributed by atoms with Crippen LogP contribution in [-0.2, 0) is 4.79 Å². The van der Waals surface area contributed by atoms with Gasteiger partial charge < -0.3 is 10.4 Å². The number of aliphatic hydroxyl groups excluding tert-OH is 1. The average Bonchev–Trinajstić information content (AvgIpc) is 2.45. The molecule has 0 heterocycles. The average molecular weight is 306 g/mol. The summed E-state index contributed by atoms with van der Waals surface area (Å²) in [6.45, 7) is 6.90. The van der Waals surface area contributed by atoms with Crippen LogP contribution in [0.2, 0.25) is 0 Å². The minimum Gasteiger partial charge on any atom is -0.396 e. The van der Waals surface area contributed by atoms with Crippen molar-refractivity contribution in [2.24, 2.45) is 5.41 Å². The van der Waals surface area contributed by atoms with E-state index in [1.807, 2.05) is 64.0 Å². The number of aryl methyl sites for hydroxylation is 1. The topological polar surface area (TPSA) is 52.6 Å². The summed E-state index contributed by atoms with van der Waals surface area (Å²) >= 11 is 0. The van der Waals surface area contributed by atoms with Gasteiger partial charge >= 0.3 is 0 Å². The van der Waals surface area contributed by atoms with E-state index in [4.69, 9.17) is 0 Å². The SMILES string of the molecule is Cc1ccccc1C(C(=O)NCCCC(C)(C)CO)N(C)C. The van der Waals surface area contributed by atoms with E-state index >= 15 is 0 Å². The molecule has 1 atom stereocenters. The highest BCUT2D eigenvalue weighted by atomic mass is 16.3. The van der Waals surface area contributed by atoms with Crippen LogP contribution in [0.15, 0.2) is 24.3 Å². The van der Waals surface area contributed by atoms with Gasteiger partial charge in [-0.3, -0.25) is 9.69 Å². The molecule has 0 saturated carbocycles. The lowest BCUT2D eigenvalue weighted by Gasteiger charge is -2.26. The Kier molecular flexibility index (Phi) is 7.04. The lowest BCUT2D eigenvalue weighted by molar-refractivity contribution is -0.125. The van der Waals surface area contributed by atoms with E-state index in [0.29, 0.717) is 6.54 Å². The number of hydrogen-bond donors (Lipinski definition) is 2. The zero-order chi connectivity index (χ0) is 16.8. The van der Waals surface area contributed by atoms with Gasteiger partial charge in [-0.2, -0.15) is 0 Å². The smallest absolute Gasteiger partial charge is 0.241 e. The maximum Gasteiger partial charge on any atom is 0.241 e. The largest absolute Gasteiger partial charge is 0.396 e. The third-order valence-corrected chi connectivity index (χ3v) is 4.01. The van der Waals surface area contributed by atoms with Crippen LogP contribution in [0, 0.1) is 12.3 Å². The molecular weight excluding hydrogens is 276 g/mol. The van der Waals surface area contributed by atoms with Gasteiger partial charge in [0.1, 0.15) is 6.04 Å². The molecule has 0 aliphatic rings. The van der Waals surface area contributed by atoms with E-state index in [9.17, 15) is 9.90 Å². The minimum atomic E-state index is -0.271. The summed E-state index contributed by atoms with van der Waals surface area (Å²) < 4.78 is 0. The van der Waals surface area contributed by atoms with Crippen LogP contribution < -0.4 is 5.32 Å². The van der Waals surface area contributed by atoms with Crippen molar-refractivity contribution in [2.45, 2.75) is 39.7 Å². The fraction of sp³-hybridized carbons (Fsp3) is 0.611. The summed E-state index contributed by atoms with van der Waals surface area (Å²) in [6.07, 6.45) is 1.76. The number of benzene rings is 1. The predicted octanol–water partition coefficient (Wildman–Crippen LogP) is 2.51. The van der Waals surface area contributed by atoms with Crippen molar-refractivity contribution >= 4 is 5.91 Å². The summed E-state index contributed by atoms with van der Waals surface area (Å²) in [6, 6.07) is 7.72. The van der Waals surface area contributed by atoms with Crippen molar-refractivity contribution in [3.8, 4) is 0 Å². The maximum atomic E-state index is 12.5. The highest BCUT2D eigenvalue weighted by molar-refractivity contribution is 5.83. The number of rotatable bonds is 8. The Bertz CT molecular complexity index is 484. The van der Waals surface area contributed by atoms with Gasteiger partial charge in [0.25, 0.3) is 0 Å². The van der Waals surface area contributed by atoms with Gasteiger partial charge in [0.2, 0.25) is 5.91 Å². The van der Waals surface area contributed by atoms with Crippen molar-refractivity contribution in [3.63, 3.8) is 0 Å². The normalized spacial score (nSPS) is 13.2. The summed E-state index contributed by atoms with van der Waals surface area (Å²) in [5, 5.41) is 12.3. The molecule has 1 aromatic carbocycles. The summed E-state index contributed by atoms with van der Waals surface area (Å²) in [7, 11) is 3.84. The van der Waals surface area contributed by atoms with Gasteiger partial charge in [-0.15, -0.1) is 0 Å². The van der Waals surface area contributed by atoms with Crippen molar-refractivity contribution in [3.05, 3.63) is 35.4 Å². The van der Waals surface area contributed by atoms with E-state index in [1.54, 1.807) is 0 Å². The van der Waals surface area contributed by atoms with E-state index in [1.165, 1.54) is 0 Å². The van der Waals surface area contributed by atoms with Crippen molar-refractivity contribution < 1.29 is 9.90 Å². The number of hydrogen-bond acceptors (Lipinski definition) is 3. The Morgan fingerprint density at radius 3 is 2.50 bits per heavy atom. The third-order valence-electron chi connectivity index (χ3n) is 4.01. The Hall–Kier alpha value is -1.39. The minimum absolute atomic E-state index is 0.0288. The highest BCUT2D eigenvalue weighted by Crippen LogP contribution is 2.23. The molecule has 0 saturated heterocycles. The summed E-state index contributed by atoms with van der Waals surface area (Å²) in [4.78, 5) is 14.5. The molecule has 1 rings (SSSR count). The standard InChI is InChI=1S/C18H30N2O2/c1-14-9-6-7-10-15(14)16(20(4)5)17(22)19-12-8-11-18(2,3)13-21/h6-7,9-10,16,21H,8,11-13H2,1-5H3,(H,19,22). The first-order chi connectivity index (χ1) is 10.3. The fourth-order valence-corrected chi connectivity index (χ4v) is 2.50. The Morgan fingerprint density at radius 2 is 1.95 bits per heavy atom.